The van der Waals surface area contributed by atoms with Crippen LogP contribution in [0.5, 0.6) is 17.2 Å². The van der Waals surface area contributed by atoms with Crippen LogP contribution in [0.2, 0.25) is 0 Å². The molecule has 2 aromatic carbocycles. The highest BCUT2D eigenvalue weighted by Crippen LogP contribution is 2.37. The van der Waals surface area contributed by atoms with Gasteiger partial charge in [0.15, 0.2) is 0 Å². The second-order valence-electron chi connectivity index (χ2n) is 5.56. The molecule has 2 rings (SSSR count). The van der Waals surface area contributed by atoms with E-state index in [4.69, 9.17) is 4.74 Å². The van der Waals surface area contributed by atoms with E-state index in [1.54, 1.807) is 13.2 Å². The lowest BCUT2D eigenvalue weighted by Crippen LogP contribution is -2.02. The van der Waals surface area contributed by atoms with E-state index >= 15 is 0 Å². The monoisotopic (exact) mass is 300 g/mol. The predicted molar refractivity (Wildman–Crippen MR) is 88.8 cm³/mol. The lowest BCUT2D eigenvalue weighted by Gasteiger charge is -2.19. The minimum atomic E-state index is 0.0864. The van der Waals surface area contributed by atoms with Gasteiger partial charge in [-0.15, -0.1) is 0 Å². The van der Waals surface area contributed by atoms with Crippen LogP contribution >= 0.6 is 0 Å². The highest BCUT2D eigenvalue weighted by atomic mass is 16.5. The molecule has 0 spiro atoms. The zero-order chi connectivity index (χ0) is 15.9. The number of aromatic hydroxyl groups is 2. The largest absolute Gasteiger partial charge is 0.508 e. The number of hydrogen-bond donors (Lipinski definition) is 2. The number of rotatable bonds is 7. The molecule has 0 aromatic heterocycles. The third-order valence-electron chi connectivity index (χ3n) is 4.00. The van der Waals surface area contributed by atoms with Gasteiger partial charge in [0.25, 0.3) is 0 Å². The molecular weight excluding hydrogens is 276 g/mol. The maximum absolute atomic E-state index is 10.2. The molecule has 0 heterocycles. The number of methoxy groups -OCH3 is 1. The first-order chi connectivity index (χ1) is 10.7. The fraction of sp³-hybridized carbons (Fsp3) is 0.368. The highest BCUT2D eigenvalue weighted by Gasteiger charge is 2.18. The molecule has 0 aliphatic carbocycles. The number of benzene rings is 2. The van der Waals surface area contributed by atoms with Crippen molar-refractivity contribution in [2.24, 2.45) is 0 Å². The van der Waals surface area contributed by atoms with Gasteiger partial charge in [-0.3, -0.25) is 0 Å². The van der Waals surface area contributed by atoms with Gasteiger partial charge in [-0.25, -0.2) is 0 Å². The van der Waals surface area contributed by atoms with Gasteiger partial charge < -0.3 is 14.9 Å². The molecule has 0 radical (unpaired) electrons. The Balaban J connectivity index is 2.32. The molecule has 0 saturated heterocycles. The first-order valence-electron chi connectivity index (χ1n) is 7.81. The quantitative estimate of drug-likeness (QED) is 0.721. The average molecular weight is 300 g/mol. The molecule has 0 amide bonds. The first kappa shape index (κ1) is 16.2. The smallest absolute Gasteiger partial charge is 0.123 e. The summed E-state index contributed by atoms with van der Waals surface area (Å²) in [4.78, 5) is 0. The van der Waals surface area contributed by atoms with Crippen LogP contribution < -0.4 is 4.74 Å². The van der Waals surface area contributed by atoms with Crippen LogP contribution in [0.4, 0.5) is 0 Å². The lowest BCUT2D eigenvalue weighted by atomic mass is 9.86. The minimum Gasteiger partial charge on any atom is -0.508 e. The van der Waals surface area contributed by atoms with Crippen molar-refractivity contribution in [3.05, 3.63) is 53.6 Å². The van der Waals surface area contributed by atoms with Crippen molar-refractivity contribution in [3.8, 4) is 17.2 Å². The highest BCUT2D eigenvalue weighted by molar-refractivity contribution is 5.45. The van der Waals surface area contributed by atoms with Gasteiger partial charge >= 0.3 is 0 Å². The number of unbranched alkanes of at least 4 members (excludes halogenated alkanes) is 2. The molecular formula is C19H24O3. The number of phenolic OH excluding ortho intramolecular Hbond substituents is 2. The molecule has 0 saturated carbocycles. The SMILES string of the molecule is CCCCCC(c1ccc(OC)cc1)c1ccc(O)cc1O. The summed E-state index contributed by atoms with van der Waals surface area (Å²) in [5.74, 6) is 1.18. The van der Waals surface area contributed by atoms with Crippen molar-refractivity contribution in [2.75, 3.05) is 7.11 Å². The third kappa shape index (κ3) is 3.94. The zero-order valence-electron chi connectivity index (χ0n) is 13.2. The molecule has 3 nitrogen and oxygen atoms in total. The number of hydrogen-bond acceptors (Lipinski definition) is 3. The van der Waals surface area contributed by atoms with Gasteiger partial charge in [-0.05, 0) is 30.2 Å². The van der Waals surface area contributed by atoms with Crippen molar-refractivity contribution in [1.82, 2.24) is 0 Å². The fourth-order valence-corrected chi connectivity index (χ4v) is 2.76. The molecule has 0 bridgehead atoms. The fourth-order valence-electron chi connectivity index (χ4n) is 2.76. The van der Waals surface area contributed by atoms with E-state index in [2.05, 4.69) is 6.92 Å². The second-order valence-corrected chi connectivity index (χ2v) is 5.56. The molecule has 0 aliphatic rings. The molecule has 2 aromatic rings. The van der Waals surface area contributed by atoms with E-state index in [-0.39, 0.29) is 17.4 Å². The molecule has 118 valence electrons. The number of ether oxygens (including phenoxy) is 1. The second kappa shape index (κ2) is 7.74. The molecule has 0 fully saturated rings. The summed E-state index contributed by atoms with van der Waals surface area (Å²) in [5, 5.41) is 19.7. The van der Waals surface area contributed by atoms with E-state index in [1.807, 2.05) is 30.3 Å². The maximum Gasteiger partial charge on any atom is 0.123 e. The average Bonchev–Trinajstić information content (AvgIpc) is 2.53. The summed E-state index contributed by atoms with van der Waals surface area (Å²) in [5.41, 5.74) is 2.01. The maximum atomic E-state index is 10.2. The lowest BCUT2D eigenvalue weighted by molar-refractivity contribution is 0.414. The molecule has 0 aliphatic heterocycles. The van der Waals surface area contributed by atoms with Crippen LogP contribution in [-0.2, 0) is 0 Å². The Morgan fingerprint density at radius 2 is 1.73 bits per heavy atom. The molecule has 1 unspecified atom stereocenters. The van der Waals surface area contributed by atoms with E-state index < -0.39 is 0 Å². The van der Waals surface area contributed by atoms with Gasteiger partial charge in [0.05, 0.1) is 7.11 Å². The van der Waals surface area contributed by atoms with Crippen molar-refractivity contribution in [2.45, 2.75) is 38.5 Å². The normalized spacial score (nSPS) is 12.1. The predicted octanol–water partition coefficient (Wildman–Crippen LogP) is 4.82. The Morgan fingerprint density at radius 3 is 2.32 bits per heavy atom. The van der Waals surface area contributed by atoms with Crippen LogP contribution in [0.3, 0.4) is 0 Å². The first-order valence-corrected chi connectivity index (χ1v) is 7.81. The van der Waals surface area contributed by atoms with E-state index in [9.17, 15) is 10.2 Å². The topological polar surface area (TPSA) is 49.7 Å². The van der Waals surface area contributed by atoms with Gasteiger partial charge in [-0.2, -0.15) is 0 Å². The number of phenols is 2. The van der Waals surface area contributed by atoms with Gasteiger partial charge in [-0.1, -0.05) is 44.4 Å². The molecule has 1 atom stereocenters. The van der Waals surface area contributed by atoms with Crippen LogP contribution in [0.15, 0.2) is 42.5 Å². The summed E-state index contributed by atoms with van der Waals surface area (Å²) in [6, 6.07) is 12.8. The molecule has 3 heteroatoms. The third-order valence-corrected chi connectivity index (χ3v) is 4.00. The summed E-state index contributed by atoms with van der Waals surface area (Å²) in [6.07, 6.45) is 4.41. The Labute approximate surface area is 132 Å². The molecule has 22 heavy (non-hydrogen) atoms. The van der Waals surface area contributed by atoms with Crippen LogP contribution in [-0.4, -0.2) is 17.3 Å². The Kier molecular flexibility index (Phi) is 5.70. The van der Waals surface area contributed by atoms with Crippen molar-refractivity contribution in [3.63, 3.8) is 0 Å². The van der Waals surface area contributed by atoms with Gasteiger partial charge in [0, 0.05) is 17.5 Å². The summed E-state index contributed by atoms with van der Waals surface area (Å²) >= 11 is 0. The van der Waals surface area contributed by atoms with Gasteiger partial charge in [0.1, 0.15) is 17.2 Å². The van der Waals surface area contributed by atoms with Crippen LogP contribution in [0, 0.1) is 0 Å². The van der Waals surface area contributed by atoms with Crippen molar-refractivity contribution < 1.29 is 14.9 Å². The summed E-state index contributed by atoms with van der Waals surface area (Å²) < 4.78 is 5.21. The van der Waals surface area contributed by atoms with E-state index in [1.165, 1.54) is 12.5 Å². The van der Waals surface area contributed by atoms with Crippen LogP contribution in [0.25, 0.3) is 0 Å². The van der Waals surface area contributed by atoms with Crippen LogP contribution in [0.1, 0.15) is 49.7 Å². The van der Waals surface area contributed by atoms with E-state index in [0.29, 0.717) is 0 Å². The van der Waals surface area contributed by atoms with Crippen molar-refractivity contribution >= 4 is 0 Å². The zero-order valence-corrected chi connectivity index (χ0v) is 13.2. The Morgan fingerprint density at radius 1 is 1.00 bits per heavy atom. The van der Waals surface area contributed by atoms with E-state index in [0.717, 1.165) is 36.1 Å². The van der Waals surface area contributed by atoms with Crippen molar-refractivity contribution in [1.29, 1.82) is 0 Å². The Bertz CT molecular complexity index is 590. The standard InChI is InChI=1S/C19H24O3/c1-3-4-5-6-17(14-7-10-16(22-2)11-8-14)18-12-9-15(20)13-19(18)21/h7-13,17,20-21H,3-6H2,1-2H3. The summed E-state index contributed by atoms with van der Waals surface area (Å²) in [7, 11) is 1.65. The summed E-state index contributed by atoms with van der Waals surface area (Å²) in [6.45, 7) is 2.18. The van der Waals surface area contributed by atoms with Gasteiger partial charge in [0.2, 0.25) is 0 Å². The Hall–Kier alpha value is -2.16. The molecule has 2 N–H and O–H groups in total. The minimum absolute atomic E-state index is 0.0864.